The van der Waals surface area contributed by atoms with Crippen molar-refractivity contribution in [2.75, 3.05) is 0 Å². The number of aliphatic carboxylic acids is 1. The molecule has 0 aliphatic heterocycles. The largest absolute Gasteiger partial charge is 0.481 e. The Morgan fingerprint density at radius 1 is 0.917 bits per heavy atom. The van der Waals surface area contributed by atoms with E-state index < -0.39 is 23.7 Å². The lowest BCUT2D eigenvalue weighted by Crippen LogP contribution is -2.14. The predicted octanol–water partition coefficient (Wildman–Crippen LogP) is 6.01. The summed E-state index contributed by atoms with van der Waals surface area (Å²) in [6, 6.07) is 23.6. The molecule has 1 atom stereocenters. The number of ether oxygens (including phenoxy) is 1. The minimum atomic E-state index is -1.09. The average molecular weight is 482 g/mol. The molecule has 2 aromatic heterocycles. The third-order valence-corrected chi connectivity index (χ3v) is 5.99. The molecule has 3 aromatic carbocycles. The molecule has 7 heteroatoms. The van der Waals surface area contributed by atoms with E-state index in [0.717, 1.165) is 16.5 Å². The zero-order valence-electron chi connectivity index (χ0n) is 19.4. The van der Waals surface area contributed by atoms with Crippen LogP contribution in [0.3, 0.4) is 0 Å². The second-order valence-electron chi connectivity index (χ2n) is 8.45. The lowest BCUT2D eigenvalue weighted by molar-refractivity contribution is -0.151. The Balaban J connectivity index is 1.79. The van der Waals surface area contributed by atoms with E-state index in [1.807, 2.05) is 61.5 Å². The minimum absolute atomic E-state index is 0.281. The molecule has 2 heterocycles. The molecule has 0 saturated heterocycles. The Hall–Kier alpha value is -4.65. The molecule has 7 nitrogen and oxygen atoms in total. The highest BCUT2D eigenvalue weighted by molar-refractivity contribution is 6.11. The van der Waals surface area contributed by atoms with Crippen molar-refractivity contribution in [1.82, 2.24) is 0 Å². The SMILES string of the molecule is Cc1cc(=O)oc2c1ccc1oc(C(OC(=O)CCC(=O)O)c3ccccc3)c(-c3ccccc3)c12. The van der Waals surface area contributed by atoms with Crippen LogP contribution < -0.4 is 5.63 Å². The standard InChI is InChI=1S/C29H22O7/c1-17-16-24(33)36-28-20(17)12-13-21-26(28)25(18-8-4-2-5-9-18)29(34-21)27(19-10-6-3-7-11-19)35-23(32)15-14-22(30)31/h2-13,16,27H,14-15H2,1H3,(H,30,31). The molecule has 1 N–H and O–H groups in total. The molecule has 0 radical (unpaired) electrons. The fourth-order valence-corrected chi connectivity index (χ4v) is 4.36. The molecule has 0 spiro atoms. The molecule has 0 aliphatic carbocycles. The Labute approximate surface area is 205 Å². The molecule has 0 saturated carbocycles. The number of carbonyl (C=O) groups excluding carboxylic acids is 1. The molecule has 0 fully saturated rings. The maximum Gasteiger partial charge on any atom is 0.336 e. The van der Waals surface area contributed by atoms with Gasteiger partial charge in [-0.1, -0.05) is 60.7 Å². The smallest absolute Gasteiger partial charge is 0.336 e. The summed E-state index contributed by atoms with van der Waals surface area (Å²) < 4.78 is 17.8. The second-order valence-corrected chi connectivity index (χ2v) is 8.45. The third-order valence-electron chi connectivity index (χ3n) is 5.99. The highest BCUT2D eigenvalue weighted by Crippen LogP contribution is 2.44. The van der Waals surface area contributed by atoms with Crippen LogP contribution in [0.5, 0.6) is 0 Å². The minimum Gasteiger partial charge on any atom is -0.481 e. The highest BCUT2D eigenvalue weighted by atomic mass is 16.6. The maximum atomic E-state index is 12.7. The summed E-state index contributed by atoms with van der Waals surface area (Å²) in [4.78, 5) is 36.0. The maximum absolute atomic E-state index is 12.7. The van der Waals surface area contributed by atoms with Gasteiger partial charge in [0, 0.05) is 22.6 Å². The van der Waals surface area contributed by atoms with Crippen LogP contribution in [-0.2, 0) is 14.3 Å². The first-order valence-electron chi connectivity index (χ1n) is 11.4. The van der Waals surface area contributed by atoms with E-state index in [4.69, 9.17) is 18.7 Å². The fourth-order valence-electron chi connectivity index (χ4n) is 4.36. The molecular weight excluding hydrogens is 460 g/mol. The number of carboxylic acids is 1. The summed E-state index contributed by atoms with van der Waals surface area (Å²) in [5.74, 6) is -1.41. The number of hydrogen-bond donors (Lipinski definition) is 1. The molecule has 5 aromatic rings. The average Bonchev–Trinajstić information content (AvgIpc) is 3.27. The summed E-state index contributed by atoms with van der Waals surface area (Å²) >= 11 is 0. The van der Waals surface area contributed by atoms with Crippen molar-refractivity contribution in [1.29, 1.82) is 0 Å². The van der Waals surface area contributed by atoms with Crippen molar-refractivity contribution in [2.24, 2.45) is 0 Å². The third kappa shape index (κ3) is 4.38. The summed E-state index contributed by atoms with van der Waals surface area (Å²) in [6.45, 7) is 1.84. The lowest BCUT2D eigenvalue weighted by Gasteiger charge is -2.18. The molecule has 0 bridgehead atoms. The molecule has 0 amide bonds. The van der Waals surface area contributed by atoms with Gasteiger partial charge in [-0.05, 0) is 30.2 Å². The normalized spacial score (nSPS) is 12.0. The number of fused-ring (bicyclic) bond motifs is 3. The summed E-state index contributed by atoms with van der Waals surface area (Å²) in [6.07, 6.45) is -1.58. The molecule has 180 valence electrons. The van der Waals surface area contributed by atoms with Crippen molar-refractivity contribution in [3.8, 4) is 11.1 Å². The van der Waals surface area contributed by atoms with Gasteiger partial charge in [-0.15, -0.1) is 0 Å². The Morgan fingerprint density at radius 2 is 1.61 bits per heavy atom. The number of esters is 1. The quantitative estimate of drug-likeness (QED) is 0.223. The van der Waals surface area contributed by atoms with Gasteiger partial charge in [-0.25, -0.2) is 4.79 Å². The first-order valence-corrected chi connectivity index (χ1v) is 11.4. The van der Waals surface area contributed by atoms with Gasteiger partial charge in [-0.2, -0.15) is 0 Å². The van der Waals surface area contributed by atoms with Crippen LogP contribution in [0.25, 0.3) is 33.1 Å². The summed E-state index contributed by atoms with van der Waals surface area (Å²) in [5.41, 5.74) is 3.20. The van der Waals surface area contributed by atoms with E-state index in [2.05, 4.69) is 0 Å². The highest BCUT2D eigenvalue weighted by Gasteiger charge is 2.30. The Kier molecular flexibility index (Phi) is 6.12. The van der Waals surface area contributed by atoms with Crippen molar-refractivity contribution in [2.45, 2.75) is 25.9 Å². The van der Waals surface area contributed by atoms with Gasteiger partial charge < -0.3 is 18.7 Å². The zero-order valence-corrected chi connectivity index (χ0v) is 19.4. The number of carbonyl (C=O) groups is 2. The summed E-state index contributed by atoms with van der Waals surface area (Å²) in [5, 5.41) is 10.4. The monoisotopic (exact) mass is 482 g/mol. The Bertz CT molecular complexity index is 1630. The van der Waals surface area contributed by atoms with Gasteiger partial charge in [0.25, 0.3) is 0 Å². The van der Waals surface area contributed by atoms with Gasteiger partial charge in [0.1, 0.15) is 11.2 Å². The van der Waals surface area contributed by atoms with Crippen molar-refractivity contribution < 1.29 is 28.3 Å². The molecule has 1 unspecified atom stereocenters. The topological polar surface area (TPSA) is 107 Å². The predicted molar refractivity (Wildman–Crippen MR) is 134 cm³/mol. The van der Waals surface area contributed by atoms with E-state index in [1.165, 1.54) is 6.07 Å². The van der Waals surface area contributed by atoms with Crippen LogP contribution in [0.15, 0.2) is 92.5 Å². The van der Waals surface area contributed by atoms with Crippen LogP contribution in [-0.4, -0.2) is 17.0 Å². The van der Waals surface area contributed by atoms with E-state index in [1.54, 1.807) is 18.2 Å². The molecule has 36 heavy (non-hydrogen) atoms. The van der Waals surface area contributed by atoms with Crippen LogP contribution in [0.2, 0.25) is 0 Å². The fraction of sp³-hybridized carbons (Fsp3) is 0.138. The van der Waals surface area contributed by atoms with E-state index in [-0.39, 0.29) is 12.8 Å². The molecule has 0 aliphatic rings. The van der Waals surface area contributed by atoms with Crippen LogP contribution in [0, 0.1) is 6.92 Å². The van der Waals surface area contributed by atoms with Gasteiger partial charge in [-0.3, -0.25) is 9.59 Å². The molecule has 5 rings (SSSR count). The first-order chi connectivity index (χ1) is 17.4. The van der Waals surface area contributed by atoms with Crippen LogP contribution >= 0.6 is 0 Å². The van der Waals surface area contributed by atoms with Crippen molar-refractivity contribution in [3.05, 3.63) is 106 Å². The first kappa shape index (κ1) is 23.1. The number of furan rings is 1. The van der Waals surface area contributed by atoms with E-state index in [9.17, 15) is 14.4 Å². The number of benzene rings is 3. The number of hydrogen-bond acceptors (Lipinski definition) is 6. The van der Waals surface area contributed by atoms with Crippen LogP contribution in [0.1, 0.15) is 35.8 Å². The second kappa shape index (κ2) is 9.54. The van der Waals surface area contributed by atoms with Gasteiger partial charge >= 0.3 is 17.6 Å². The number of rotatable bonds is 7. The van der Waals surface area contributed by atoms with Gasteiger partial charge in [0.15, 0.2) is 11.9 Å². The number of aryl methyl sites for hydroxylation is 1. The van der Waals surface area contributed by atoms with E-state index in [0.29, 0.717) is 33.4 Å². The van der Waals surface area contributed by atoms with Gasteiger partial charge in [0.05, 0.1) is 18.2 Å². The van der Waals surface area contributed by atoms with Crippen LogP contribution in [0.4, 0.5) is 0 Å². The lowest BCUT2D eigenvalue weighted by atomic mass is 9.95. The van der Waals surface area contributed by atoms with Crippen molar-refractivity contribution in [3.63, 3.8) is 0 Å². The Morgan fingerprint density at radius 3 is 2.31 bits per heavy atom. The van der Waals surface area contributed by atoms with Crippen molar-refractivity contribution >= 4 is 33.9 Å². The number of carboxylic acid groups (broad SMARTS) is 1. The summed E-state index contributed by atoms with van der Waals surface area (Å²) in [7, 11) is 0. The van der Waals surface area contributed by atoms with Gasteiger partial charge in [0.2, 0.25) is 0 Å². The molecular formula is C29H22O7. The zero-order chi connectivity index (χ0) is 25.2. The van der Waals surface area contributed by atoms with E-state index >= 15 is 0 Å².